The van der Waals surface area contributed by atoms with E-state index in [0.29, 0.717) is 5.11 Å². The van der Waals surface area contributed by atoms with Crippen molar-refractivity contribution < 1.29 is 4.79 Å². The molecule has 1 N–H and O–H groups in total. The molecular formula is C18H18N2OS. The summed E-state index contributed by atoms with van der Waals surface area (Å²) < 4.78 is 0. The number of carbonyl (C=O) groups is 1. The third-order valence-corrected chi connectivity index (χ3v) is 5.12. The lowest BCUT2D eigenvalue weighted by molar-refractivity contribution is -0.123. The van der Waals surface area contributed by atoms with E-state index in [1.807, 2.05) is 30.3 Å². The van der Waals surface area contributed by atoms with Gasteiger partial charge in [0.05, 0.1) is 11.6 Å². The molecule has 112 valence electrons. The fourth-order valence-electron chi connectivity index (χ4n) is 3.72. The first-order valence-corrected chi connectivity index (χ1v) is 8.29. The van der Waals surface area contributed by atoms with E-state index in [1.54, 1.807) is 4.90 Å². The first-order chi connectivity index (χ1) is 10.8. The third-order valence-electron chi connectivity index (χ3n) is 4.82. The van der Waals surface area contributed by atoms with Gasteiger partial charge in [0, 0.05) is 11.4 Å². The van der Waals surface area contributed by atoms with Crippen molar-refractivity contribution in [1.29, 1.82) is 0 Å². The average molecular weight is 310 g/mol. The Morgan fingerprint density at radius 2 is 1.82 bits per heavy atom. The van der Waals surface area contributed by atoms with Gasteiger partial charge in [-0.2, -0.15) is 0 Å². The summed E-state index contributed by atoms with van der Waals surface area (Å²) in [7, 11) is 0. The van der Waals surface area contributed by atoms with Gasteiger partial charge < -0.3 is 5.32 Å². The summed E-state index contributed by atoms with van der Waals surface area (Å²) in [6.45, 7) is 0. The SMILES string of the molecule is O=C1C2CCCCC2NC(=S)N1c1cccc2ccccc12. The first kappa shape index (κ1) is 13.7. The van der Waals surface area contributed by atoms with Crippen LogP contribution < -0.4 is 10.2 Å². The van der Waals surface area contributed by atoms with E-state index in [1.165, 1.54) is 6.42 Å². The van der Waals surface area contributed by atoms with Crippen LogP contribution in [0.4, 0.5) is 5.69 Å². The molecule has 22 heavy (non-hydrogen) atoms. The Labute approximate surface area is 135 Å². The number of nitrogens with one attached hydrogen (secondary N) is 1. The highest BCUT2D eigenvalue weighted by molar-refractivity contribution is 7.80. The van der Waals surface area contributed by atoms with Crippen LogP contribution in [0, 0.1) is 5.92 Å². The fourth-order valence-corrected chi connectivity index (χ4v) is 4.06. The van der Waals surface area contributed by atoms with E-state index in [0.717, 1.165) is 35.7 Å². The lowest BCUT2D eigenvalue weighted by Gasteiger charge is -2.41. The Morgan fingerprint density at radius 1 is 1.05 bits per heavy atom. The molecule has 1 saturated heterocycles. The van der Waals surface area contributed by atoms with Gasteiger partial charge in [0.2, 0.25) is 5.91 Å². The maximum absolute atomic E-state index is 13.0. The standard InChI is InChI=1S/C18H18N2OS/c21-17-14-9-3-4-10-15(14)19-18(22)20(17)16-11-5-7-12-6-1-2-8-13(12)16/h1-2,5-8,11,14-15H,3-4,9-10H2,(H,19,22). The Kier molecular flexibility index (Phi) is 3.34. The van der Waals surface area contributed by atoms with Crippen LogP contribution in [0.2, 0.25) is 0 Å². The molecule has 0 aromatic heterocycles. The van der Waals surface area contributed by atoms with Gasteiger partial charge in [0.15, 0.2) is 5.11 Å². The number of anilines is 1. The van der Waals surface area contributed by atoms with Gasteiger partial charge >= 0.3 is 0 Å². The van der Waals surface area contributed by atoms with E-state index in [9.17, 15) is 4.79 Å². The lowest BCUT2D eigenvalue weighted by atomic mass is 9.82. The molecule has 2 atom stereocenters. The summed E-state index contributed by atoms with van der Waals surface area (Å²) in [4.78, 5) is 14.7. The van der Waals surface area contributed by atoms with Crippen molar-refractivity contribution in [3.8, 4) is 0 Å². The van der Waals surface area contributed by atoms with Crippen molar-refractivity contribution in [2.75, 3.05) is 4.90 Å². The molecule has 2 aliphatic rings. The van der Waals surface area contributed by atoms with Crippen LogP contribution in [0.15, 0.2) is 42.5 Å². The highest BCUT2D eigenvalue weighted by atomic mass is 32.1. The fraction of sp³-hybridized carbons (Fsp3) is 0.333. The summed E-state index contributed by atoms with van der Waals surface area (Å²) in [6.07, 6.45) is 4.31. The Bertz CT molecular complexity index is 752. The van der Waals surface area contributed by atoms with E-state index >= 15 is 0 Å². The molecule has 2 fully saturated rings. The van der Waals surface area contributed by atoms with Gasteiger partial charge in [-0.15, -0.1) is 0 Å². The highest BCUT2D eigenvalue weighted by Gasteiger charge is 2.41. The molecule has 1 heterocycles. The minimum absolute atomic E-state index is 0.0550. The topological polar surface area (TPSA) is 32.3 Å². The van der Waals surface area contributed by atoms with Gasteiger partial charge in [-0.1, -0.05) is 49.2 Å². The number of fused-ring (bicyclic) bond motifs is 2. The van der Waals surface area contributed by atoms with Crippen LogP contribution in [-0.4, -0.2) is 17.1 Å². The minimum Gasteiger partial charge on any atom is -0.358 e. The smallest absolute Gasteiger partial charge is 0.238 e. The Hall–Kier alpha value is -1.94. The van der Waals surface area contributed by atoms with E-state index in [4.69, 9.17) is 12.2 Å². The molecule has 2 aromatic carbocycles. The van der Waals surface area contributed by atoms with Crippen LogP contribution in [0.25, 0.3) is 10.8 Å². The molecule has 1 aliphatic heterocycles. The highest BCUT2D eigenvalue weighted by Crippen LogP contribution is 2.34. The first-order valence-electron chi connectivity index (χ1n) is 7.88. The lowest BCUT2D eigenvalue weighted by Crippen LogP contribution is -2.61. The van der Waals surface area contributed by atoms with Gasteiger partial charge in [-0.05, 0) is 36.5 Å². The molecule has 0 spiro atoms. The van der Waals surface area contributed by atoms with E-state index < -0.39 is 0 Å². The molecule has 2 unspecified atom stereocenters. The van der Waals surface area contributed by atoms with Gasteiger partial charge in [-0.3, -0.25) is 9.69 Å². The molecule has 0 radical (unpaired) electrons. The number of rotatable bonds is 1. The second kappa shape index (κ2) is 5.36. The quantitative estimate of drug-likeness (QED) is 0.817. The molecule has 1 aliphatic carbocycles. The number of thiocarbonyl (C=S) groups is 1. The van der Waals surface area contributed by atoms with Crippen molar-refractivity contribution >= 4 is 39.7 Å². The number of amides is 1. The second-order valence-corrected chi connectivity index (χ2v) is 6.51. The predicted molar refractivity (Wildman–Crippen MR) is 92.9 cm³/mol. The largest absolute Gasteiger partial charge is 0.358 e. The molecule has 2 aromatic rings. The monoisotopic (exact) mass is 310 g/mol. The molecule has 4 rings (SSSR count). The van der Waals surface area contributed by atoms with Gasteiger partial charge in [-0.25, -0.2) is 0 Å². The zero-order chi connectivity index (χ0) is 15.1. The molecule has 1 saturated carbocycles. The van der Waals surface area contributed by atoms with Gasteiger partial charge in [0.1, 0.15) is 0 Å². The number of carbonyl (C=O) groups excluding carboxylic acids is 1. The zero-order valence-corrected chi connectivity index (χ0v) is 13.1. The van der Waals surface area contributed by atoms with E-state index in [2.05, 4.69) is 17.4 Å². The van der Waals surface area contributed by atoms with Crippen molar-refractivity contribution in [1.82, 2.24) is 5.32 Å². The normalized spacial score (nSPS) is 25.0. The number of hydrogen-bond acceptors (Lipinski definition) is 2. The second-order valence-electron chi connectivity index (χ2n) is 6.12. The minimum atomic E-state index is 0.0550. The number of nitrogens with zero attached hydrogens (tertiary/aromatic N) is 1. The Balaban J connectivity index is 1.80. The average Bonchev–Trinajstić information content (AvgIpc) is 2.55. The van der Waals surface area contributed by atoms with Crippen LogP contribution >= 0.6 is 12.2 Å². The Morgan fingerprint density at radius 3 is 2.73 bits per heavy atom. The summed E-state index contributed by atoms with van der Waals surface area (Å²) in [5.74, 6) is 0.212. The van der Waals surface area contributed by atoms with Crippen molar-refractivity contribution in [2.24, 2.45) is 5.92 Å². The molecule has 1 amide bonds. The summed E-state index contributed by atoms with van der Waals surface area (Å²) in [5, 5.41) is 6.14. The van der Waals surface area contributed by atoms with Crippen LogP contribution in [0.1, 0.15) is 25.7 Å². The maximum Gasteiger partial charge on any atom is 0.238 e. The summed E-state index contributed by atoms with van der Waals surface area (Å²) in [5.41, 5.74) is 0.893. The van der Waals surface area contributed by atoms with Crippen LogP contribution in [-0.2, 0) is 4.79 Å². The van der Waals surface area contributed by atoms with Crippen molar-refractivity contribution in [3.63, 3.8) is 0 Å². The van der Waals surface area contributed by atoms with Crippen LogP contribution in [0.5, 0.6) is 0 Å². The number of hydrogen-bond donors (Lipinski definition) is 1. The molecule has 0 bridgehead atoms. The van der Waals surface area contributed by atoms with E-state index in [-0.39, 0.29) is 17.9 Å². The van der Waals surface area contributed by atoms with Crippen molar-refractivity contribution in [2.45, 2.75) is 31.7 Å². The molecule has 4 heteroatoms. The molecular weight excluding hydrogens is 292 g/mol. The predicted octanol–water partition coefficient (Wildman–Crippen LogP) is 3.62. The zero-order valence-electron chi connectivity index (χ0n) is 12.3. The maximum atomic E-state index is 13.0. The third kappa shape index (κ3) is 2.10. The van der Waals surface area contributed by atoms with Crippen LogP contribution in [0.3, 0.4) is 0 Å². The van der Waals surface area contributed by atoms with Crippen molar-refractivity contribution in [3.05, 3.63) is 42.5 Å². The van der Waals surface area contributed by atoms with Gasteiger partial charge in [0.25, 0.3) is 0 Å². The summed E-state index contributed by atoms with van der Waals surface area (Å²) >= 11 is 5.51. The number of benzene rings is 2. The molecule has 3 nitrogen and oxygen atoms in total. The summed E-state index contributed by atoms with van der Waals surface area (Å²) in [6, 6.07) is 14.4.